The first-order chi connectivity index (χ1) is 6.79. The first-order valence-electron chi connectivity index (χ1n) is 4.41. The molecule has 0 saturated carbocycles. The molecule has 0 spiro atoms. The summed E-state index contributed by atoms with van der Waals surface area (Å²) in [6.45, 7) is 0.204. The van der Waals surface area contributed by atoms with Crippen LogP contribution in [0.5, 0.6) is 0 Å². The minimum absolute atomic E-state index is 0.184. The quantitative estimate of drug-likeness (QED) is 0.723. The molecule has 0 fully saturated rings. The van der Waals surface area contributed by atoms with E-state index in [-0.39, 0.29) is 6.61 Å². The van der Waals surface area contributed by atoms with E-state index in [1.807, 2.05) is 0 Å². The van der Waals surface area contributed by atoms with Crippen molar-refractivity contribution in [1.82, 2.24) is 15.0 Å². The van der Waals surface area contributed by atoms with Crippen LogP contribution in [0, 0.1) is 0 Å². The molecule has 5 nitrogen and oxygen atoms in total. The predicted molar refractivity (Wildman–Crippen MR) is 47.4 cm³/mol. The smallest absolute Gasteiger partial charge is 0.120 e. The third kappa shape index (κ3) is 2.74. The largest absolute Gasteiger partial charge is 0.384 e. The van der Waals surface area contributed by atoms with Crippen molar-refractivity contribution in [1.29, 1.82) is 0 Å². The second kappa shape index (κ2) is 5.66. The van der Waals surface area contributed by atoms with Crippen LogP contribution in [0.25, 0.3) is 0 Å². The average molecular weight is 203 g/mol. The Balaban J connectivity index is 2.61. The highest BCUT2D eigenvalue weighted by molar-refractivity contribution is 4.98. The summed E-state index contributed by atoms with van der Waals surface area (Å²) in [5.74, 6) is 0. The molecule has 1 aromatic heterocycles. The minimum atomic E-state index is -0.755. The van der Waals surface area contributed by atoms with Gasteiger partial charge in [-0.05, 0) is 6.42 Å². The number of alkyl halides is 1. The number of aryl methyl sites for hydroxylation is 1. The summed E-state index contributed by atoms with van der Waals surface area (Å²) in [4.78, 5) is 0. The lowest BCUT2D eigenvalue weighted by atomic mass is 10.3. The van der Waals surface area contributed by atoms with Gasteiger partial charge in [-0.25, -0.2) is 4.68 Å². The van der Waals surface area contributed by atoms with E-state index < -0.39 is 12.8 Å². The lowest BCUT2D eigenvalue weighted by Crippen LogP contribution is -2.13. The van der Waals surface area contributed by atoms with Crippen molar-refractivity contribution in [2.45, 2.75) is 19.1 Å². The molecule has 80 valence electrons. The fourth-order valence-corrected chi connectivity index (χ4v) is 1.15. The zero-order valence-corrected chi connectivity index (χ0v) is 8.06. The van der Waals surface area contributed by atoms with Gasteiger partial charge in [0.05, 0.1) is 25.2 Å². The molecule has 0 aliphatic rings. The Labute approximate surface area is 81.5 Å². The number of hydrogen-bond donors (Lipinski definition) is 1. The average Bonchev–Trinajstić information content (AvgIpc) is 2.63. The van der Waals surface area contributed by atoms with Gasteiger partial charge in [0.1, 0.15) is 6.10 Å². The summed E-state index contributed by atoms with van der Waals surface area (Å²) < 4.78 is 18.2. The van der Waals surface area contributed by atoms with E-state index >= 15 is 0 Å². The summed E-state index contributed by atoms with van der Waals surface area (Å²) in [6, 6.07) is 0. The highest BCUT2D eigenvalue weighted by Crippen LogP contribution is 2.11. The molecule has 14 heavy (non-hydrogen) atoms. The number of aliphatic hydroxyl groups is 1. The van der Waals surface area contributed by atoms with Crippen molar-refractivity contribution in [2.75, 3.05) is 20.4 Å². The molecule has 0 radical (unpaired) electrons. The molecule has 1 heterocycles. The van der Waals surface area contributed by atoms with Crippen LogP contribution in [-0.4, -0.2) is 40.5 Å². The molecule has 6 heteroatoms. The number of halogens is 1. The lowest BCUT2D eigenvalue weighted by Gasteiger charge is -2.10. The van der Waals surface area contributed by atoms with Crippen molar-refractivity contribution >= 4 is 0 Å². The van der Waals surface area contributed by atoms with Gasteiger partial charge in [0.25, 0.3) is 0 Å². The van der Waals surface area contributed by atoms with Gasteiger partial charge in [-0.2, -0.15) is 0 Å². The number of methoxy groups -OCH3 is 1. The zero-order chi connectivity index (χ0) is 10.4. The van der Waals surface area contributed by atoms with Gasteiger partial charge in [-0.15, -0.1) is 5.10 Å². The van der Waals surface area contributed by atoms with Crippen LogP contribution in [0.15, 0.2) is 6.20 Å². The molecular weight excluding hydrogens is 189 g/mol. The molecule has 1 aromatic rings. The first-order valence-corrected chi connectivity index (χ1v) is 4.41. The highest BCUT2D eigenvalue weighted by Gasteiger charge is 2.13. The number of aliphatic hydroxyl groups excluding tert-OH is 1. The number of aromatic nitrogens is 3. The maximum absolute atomic E-state index is 11.9. The van der Waals surface area contributed by atoms with E-state index in [4.69, 9.17) is 4.74 Å². The van der Waals surface area contributed by atoms with Gasteiger partial charge in [-0.1, -0.05) is 5.21 Å². The van der Waals surface area contributed by atoms with Crippen molar-refractivity contribution in [3.8, 4) is 0 Å². The molecule has 0 aromatic carbocycles. The standard InChI is InChI=1S/C8H14FN3O2/c1-14-6-8(13)7-5-10-11-12(7)4-2-3-9/h5,8,13H,2-4,6H2,1H3. The van der Waals surface area contributed by atoms with Gasteiger partial charge in [0.2, 0.25) is 0 Å². The van der Waals surface area contributed by atoms with E-state index in [2.05, 4.69) is 10.3 Å². The Morgan fingerprint density at radius 3 is 3.14 bits per heavy atom. The van der Waals surface area contributed by atoms with Crippen molar-refractivity contribution in [2.24, 2.45) is 0 Å². The van der Waals surface area contributed by atoms with Crippen LogP contribution in [0.3, 0.4) is 0 Å². The topological polar surface area (TPSA) is 60.2 Å². The van der Waals surface area contributed by atoms with Crippen LogP contribution in [0.1, 0.15) is 18.2 Å². The summed E-state index contributed by atoms with van der Waals surface area (Å²) in [6.07, 6.45) is 1.08. The molecule has 1 unspecified atom stereocenters. The maximum Gasteiger partial charge on any atom is 0.120 e. The summed E-state index contributed by atoms with van der Waals surface area (Å²) in [7, 11) is 1.50. The van der Waals surface area contributed by atoms with Crippen LogP contribution >= 0.6 is 0 Å². The molecule has 0 amide bonds. The number of hydrogen-bond acceptors (Lipinski definition) is 4. The summed E-state index contributed by atoms with van der Waals surface area (Å²) >= 11 is 0. The normalized spacial score (nSPS) is 13.1. The minimum Gasteiger partial charge on any atom is -0.384 e. The fourth-order valence-electron chi connectivity index (χ4n) is 1.15. The predicted octanol–water partition coefficient (Wildman–Crippen LogP) is 0.317. The molecule has 0 aliphatic heterocycles. The summed E-state index contributed by atoms with van der Waals surface area (Å²) in [5, 5.41) is 17.0. The Bertz CT molecular complexity index is 267. The molecule has 1 N–H and O–H groups in total. The third-order valence-corrected chi connectivity index (χ3v) is 1.82. The van der Waals surface area contributed by atoms with Crippen LogP contribution in [-0.2, 0) is 11.3 Å². The Kier molecular flexibility index (Phi) is 4.48. The van der Waals surface area contributed by atoms with E-state index in [0.29, 0.717) is 18.7 Å². The molecular formula is C8H14FN3O2. The first kappa shape index (κ1) is 11.1. The van der Waals surface area contributed by atoms with Crippen LogP contribution in [0.2, 0.25) is 0 Å². The maximum atomic E-state index is 11.9. The number of rotatable bonds is 6. The van der Waals surface area contributed by atoms with Gasteiger partial charge >= 0.3 is 0 Å². The van der Waals surface area contributed by atoms with Gasteiger partial charge in [0, 0.05) is 13.7 Å². The van der Waals surface area contributed by atoms with Gasteiger partial charge in [0.15, 0.2) is 0 Å². The van der Waals surface area contributed by atoms with Crippen molar-refractivity contribution in [3.05, 3.63) is 11.9 Å². The second-order valence-corrected chi connectivity index (χ2v) is 2.90. The lowest BCUT2D eigenvalue weighted by molar-refractivity contribution is 0.0584. The Morgan fingerprint density at radius 2 is 2.50 bits per heavy atom. The molecule has 0 aliphatic carbocycles. The second-order valence-electron chi connectivity index (χ2n) is 2.90. The van der Waals surface area contributed by atoms with Crippen molar-refractivity contribution < 1.29 is 14.2 Å². The third-order valence-electron chi connectivity index (χ3n) is 1.82. The van der Waals surface area contributed by atoms with Crippen LogP contribution in [0.4, 0.5) is 4.39 Å². The van der Waals surface area contributed by atoms with Crippen LogP contribution < -0.4 is 0 Å². The van der Waals surface area contributed by atoms with Crippen molar-refractivity contribution in [3.63, 3.8) is 0 Å². The molecule has 0 bridgehead atoms. The fraction of sp³-hybridized carbons (Fsp3) is 0.750. The van der Waals surface area contributed by atoms with E-state index in [1.165, 1.54) is 18.0 Å². The Morgan fingerprint density at radius 1 is 1.71 bits per heavy atom. The highest BCUT2D eigenvalue weighted by atomic mass is 19.1. The molecule has 0 saturated heterocycles. The summed E-state index contributed by atoms with van der Waals surface area (Å²) in [5.41, 5.74) is 0.556. The molecule has 1 atom stereocenters. The number of nitrogens with zero attached hydrogens (tertiary/aromatic N) is 3. The SMILES string of the molecule is COCC(O)c1cnnn1CCCF. The molecule has 1 rings (SSSR count). The van der Waals surface area contributed by atoms with Gasteiger partial charge in [-0.3, -0.25) is 4.39 Å². The number of ether oxygens (including phenoxy) is 1. The van der Waals surface area contributed by atoms with Gasteiger partial charge < -0.3 is 9.84 Å². The Hall–Kier alpha value is -1.01. The monoisotopic (exact) mass is 203 g/mol. The van der Waals surface area contributed by atoms with E-state index in [9.17, 15) is 9.50 Å². The van der Waals surface area contributed by atoms with E-state index in [1.54, 1.807) is 0 Å². The zero-order valence-electron chi connectivity index (χ0n) is 8.06. The van der Waals surface area contributed by atoms with E-state index in [0.717, 1.165) is 0 Å².